The van der Waals surface area contributed by atoms with Gasteiger partial charge >= 0.3 is 0 Å². The second kappa shape index (κ2) is 6.22. The van der Waals surface area contributed by atoms with Crippen molar-refractivity contribution in [1.82, 2.24) is 0 Å². The predicted molar refractivity (Wildman–Crippen MR) is 83.8 cm³/mol. The Bertz CT molecular complexity index is 654. The van der Waals surface area contributed by atoms with Gasteiger partial charge in [0, 0.05) is 16.6 Å². The summed E-state index contributed by atoms with van der Waals surface area (Å²) in [5.74, 6) is 2.48. The number of hydrogen-bond donors (Lipinski definition) is 0. The molecule has 0 amide bonds. The lowest BCUT2D eigenvalue weighted by Gasteiger charge is -2.16. The fourth-order valence-electron chi connectivity index (χ4n) is 2.49. The molecule has 0 bridgehead atoms. The monoisotopic (exact) mass is 300 g/mol. The van der Waals surface area contributed by atoms with Crippen molar-refractivity contribution in [2.24, 2.45) is 0 Å². The normalized spacial score (nSPS) is 16.3. The molecule has 1 unspecified atom stereocenters. The Kier molecular flexibility index (Phi) is 4.15. The Balaban J connectivity index is 1.79. The second-order valence-corrected chi connectivity index (χ2v) is 5.92. The Morgan fingerprint density at radius 1 is 1.24 bits per heavy atom. The smallest absolute Gasteiger partial charge is 0.171 e. The lowest BCUT2D eigenvalue weighted by molar-refractivity contribution is 0.111. The van der Waals surface area contributed by atoms with Crippen molar-refractivity contribution in [3.05, 3.63) is 53.6 Å². The zero-order chi connectivity index (χ0) is 14.7. The van der Waals surface area contributed by atoms with Gasteiger partial charge in [0.1, 0.15) is 0 Å². The van der Waals surface area contributed by atoms with Crippen molar-refractivity contribution >= 4 is 18.0 Å². The number of ether oxygens (including phenoxy) is 2. The van der Waals surface area contributed by atoms with Gasteiger partial charge in [-0.3, -0.25) is 4.79 Å². The fraction of sp³-hybridized carbons (Fsp3) is 0.235. The third kappa shape index (κ3) is 2.76. The third-order valence-electron chi connectivity index (χ3n) is 3.58. The van der Waals surface area contributed by atoms with Crippen LogP contribution in [0.1, 0.15) is 21.8 Å². The minimum absolute atomic E-state index is 0.343. The van der Waals surface area contributed by atoms with Crippen LogP contribution >= 0.6 is 11.8 Å². The standard InChI is InChI=1S/C17H16O3S/c1-19-15-7-4-5-12(9-18)17(15)20-10-13-11-21-16-8-3-2-6-14(13)16/h2-9,13H,10-11H2,1H3. The van der Waals surface area contributed by atoms with E-state index in [-0.39, 0.29) is 0 Å². The van der Waals surface area contributed by atoms with Gasteiger partial charge in [-0.1, -0.05) is 24.3 Å². The number of methoxy groups -OCH3 is 1. The van der Waals surface area contributed by atoms with Crippen LogP contribution in [0.4, 0.5) is 0 Å². The van der Waals surface area contributed by atoms with Gasteiger partial charge in [-0.25, -0.2) is 0 Å². The number of benzene rings is 2. The van der Waals surface area contributed by atoms with Gasteiger partial charge in [0.2, 0.25) is 0 Å². The molecule has 0 fully saturated rings. The van der Waals surface area contributed by atoms with E-state index >= 15 is 0 Å². The number of rotatable bonds is 5. The van der Waals surface area contributed by atoms with E-state index in [4.69, 9.17) is 9.47 Å². The fourth-order valence-corrected chi connectivity index (χ4v) is 3.72. The average Bonchev–Trinajstić information content (AvgIpc) is 2.95. The summed E-state index contributed by atoms with van der Waals surface area (Å²) in [4.78, 5) is 12.5. The first-order valence-corrected chi connectivity index (χ1v) is 7.78. The van der Waals surface area contributed by atoms with E-state index in [0.29, 0.717) is 29.6 Å². The van der Waals surface area contributed by atoms with Crippen molar-refractivity contribution in [3.63, 3.8) is 0 Å². The van der Waals surface area contributed by atoms with E-state index in [1.807, 2.05) is 11.8 Å². The average molecular weight is 300 g/mol. The molecule has 2 aromatic carbocycles. The maximum Gasteiger partial charge on any atom is 0.171 e. The Hall–Kier alpha value is -1.94. The predicted octanol–water partition coefficient (Wildman–Crippen LogP) is 3.78. The lowest BCUT2D eigenvalue weighted by atomic mass is 10.0. The summed E-state index contributed by atoms with van der Waals surface area (Å²) in [6.07, 6.45) is 0.801. The minimum Gasteiger partial charge on any atom is -0.493 e. The van der Waals surface area contributed by atoms with Crippen LogP contribution in [0, 0.1) is 0 Å². The first kappa shape index (κ1) is 14.0. The van der Waals surface area contributed by atoms with Crippen LogP contribution in [0.5, 0.6) is 11.5 Å². The van der Waals surface area contributed by atoms with Crippen LogP contribution in [0.2, 0.25) is 0 Å². The Morgan fingerprint density at radius 3 is 2.90 bits per heavy atom. The first-order chi connectivity index (χ1) is 10.3. The number of para-hydroxylation sites is 1. The quantitative estimate of drug-likeness (QED) is 0.787. The third-order valence-corrected chi connectivity index (χ3v) is 4.84. The SMILES string of the molecule is COc1cccc(C=O)c1OCC1CSc2ccccc21. The molecule has 0 aromatic heterocycles. The number of carbonyl (C=O) groups is 1. The molecule has 108 valence electrons. The zero-order valence-corrected chi connectivity index (χ0v) is 12.6. The highest BCUT2D eigenvalue weighted by Gasteiger charge is 2.24. The maximum atomic E-state index is 11.2. The first-order valence-electron chi connectivity index (χ1n) is 6.80. The van der Waals surface area contributed by atoms with Crippen LogP contribution in [0.3, 0.4) is 0 Å². The number of fused-ring (bicyclic) bond motifs is 1. The molecule has 1 aliphatic heterocycles. The molecule has 3 rings (SSSR count). The summed E-state index contributed by atoms with van der Waals surface area (Å²) in [5, 5.41) is 0. The molecule has 2 aromatic rings. The van der Waals surface area contributed by atoms with E-state index in [2.05, 4.69) is 24.3 Å². The molecule has 0 saturated carbocycles. The molecule has 1 atom stereocenters. The highest BCUT2D eigenvalue weighted by atomic mass is 32.2. The van der Waals surface area contributed by atoms with Crippen LogP contribution in [0.15, 0.2) is 47.4 Å². The van der Waals surface area contributed by atoms with E-state index in [1.54, 1.807) is 25.3 Å². The molecule has 0 spiro atoms. The number of aldehydes is 1. The van der Waals surface area contributed by atoms with Crippen LogP contribution in [-0.4, -0.2) is 25.8 Å². The van der Waals surface area contributed by atoms with Crippen LogP contribution in [-0.2, 0) is 0 Å². The Morgan fingerprint density at radius 2 is 2.10 bits per heavy atom. The van der Waals surface area contributed by atoms with Gasteiger partial charge in [0.05, 0.1) is 19.3 Å². The summed E-state index contributed by atoms with van der Waals surface area (Å²) in [6.45, 7) is 0.547. The van der Waals surface area contributed by atoms with Crippen LogP contribution < -0.4 is 9.47 Å². The summed E-state index contributed by atoms with van der Waals surface area (Å²) in [6, 6.07) is 13.7. The highest BCUT2D eigenvalue weighted by Crippen LogP contribution is 2.40. The van der Waals surface area contributed by atoms with Crippen LogP contribution in [0.25, 0.3) is 0 Å². The van der Waals surface area contributed by atoms with Gasteiger partial charge in [-0.05, 0) is 23.8 Å². The van der Waals surface area contributed by atoms with E-state index < -0.39 is 0 Å². The molecule has 0 radical (unpaired) electrons. The van der Waals surface area contributed by atoms with E-state index in [1.165, 1.54) is 10.5 Å². The molecular weight excluding hydrogens is 284 g/mol. The number of carbonyl (C=O) groups excluding carboxylic acids is 1. The molecule has 0 N–H and O–H groups in total. The number of thioether (sulfide) groups is 1. The maximum absolute atomic E-state index is 11.2. The molecule has 1 heterocycles. The van der Waals surface area contributed by atoms with Crippen molar-refractivity contribution in [3.8, 4) is 11.5 Å². The molecular formula is C17H16O3S. The van der Waals surface area contributed by atoms with E-state index in [0.717, 1.165) is 12.0 Å². The molecule has 0 saturated heterocycles. The molecule has 21 heavy (non-hydrogen) atoms. The van der Waals surface area contributed by atoms with Gasteiger partial charge in [0.25, 0.3) is 0 Å². The highest BCUT2D eigenvalue weighted by molar-refractivity contribution is 7.99. The zero-order valence-electron chi connectivity index (χ0n) is 11.7. The second-order valence-electron chi connectivity index (χ2n) is 4.85. The topological polar surface area (TPSA) is 35.5 Å². The Labute approximate surface area is 128 Å². The summed E-state index contributed by atoms with van der Waals surface area (Å²) < 4.78 is 11.2. The summed E-state index contributed by atoms with van der Waals surface area (Å²) in [7, 11) is 1.58. The van der Waals surface area contributed by atoms with Gasteiger partial charge < -0.3 is 9.47 Å². The largest absolute Gasteiger partial charge is 0.493 e. The van der Waals surface area contributed by atoms with Crippen molar-refractivity contribution in [2.45, 2.75) is 10.8 Å². The van der Waals surface area contributed by atoms with Crippen molar-refractivity contribution < 1.29 is 14.3 Å². The molecule has 4 heteroatoms. The van der Waals surface area contributed by atoms with Crippen molar-refractivity contribution in [2.75, 3.05) is 19.5 Å². The van der Waals surface area contributed by atoms with Gasteiger partial charge in [-0.15, -0.1) is 11.8 Å². The molecule has 1 aliphatic rings. The van der Waals surface area contributed by atoms with Gasteiger partial charge in [-0.2, -0.15) is 0 Å². The van der Waals surface area contributed by atoms with Gasteiger partial charge in [0.15, 0.2) is 17.8 Å². The summed E-state index contributed by atoms with van der Waals surface area (Å²) in [5.41, 5.74) is 1.85. The molecule has 0 aliphatic carbocycles. The molecule has 3 nitrogen and oxygen atoms in total. The lowest BCUT2D eigenvalue weighted by Crippen LogP contribution is -2.11. The minimum atomic E-state index is 0.343. The van der Waals surface area contributed by atoms with E-state index in [9.17, 15) is 4.79 Å². The van der Waals surface area contributed by atoms with Crippen molar-refractivity contribution in [1.29, 1.82) is 0 Å². The number of hydrogen-bond acceptors (Lipinski definition) is 4. The summed E-state index contributed by atoms with van der Waals surface area (Å²) >= 11 is 1.85.